The van der Waals surface area contributed by atoms with Crippen molar-refractivity contribution in [1.29, 1.82) is 0 Å². The lowest BCUT2D eigenvalue weighted by atomic mass is 10.1. The maximum absolute atomic E-state index is 13.1. The monoisotopic (exact) mass is 320 g/mol. The topological polar surface area (TPSA) is 48.0 Å². The Morgan fingerprint density at radius 3 is 2.57 bits per heavy atom. The van der Waals surface area contributed by atoms with Gasteiger partial charge < -0.3 is 4.42 Å². The summed E-state index contributed by atoms with van der Waals surface area (Å²) in [5.41, 5.74) is -0.244. The summed E-state index contributed by atoms with van der Waals surface area (Å²) < 4.78 is 45.6. The van der Waals surface area contributed by atoms with Gasteiger partial charge in [-0.2, -0.15) is 13.2 Å². The molecule has 7 heteroatoms. The van der Waals surface area contributed by atoms with Crippen molar-refractivity contribution < 1.29 is 17.6 Å². The molecule has 2 heterocycles. The highest BCUT2D eigenvalue weighted by Crippen LogP contribution is 2.34. The Morgan fingerprint density at radius 2 is 1.96 bits per heavy atom. The number of pyridine rings is 1. The number of hydrogen-bond donors (Lipinski definition) is 0. The second kappa shape index (κ2) is 5.42. The van der Waals surface area contributed by atoms with Gasteiger partial charge in [0.05, 0.1) is 11.8 Å². The summed E-state index contributed by atoms with van der Waals surface area (Å²) in [5.74, 6) is 0.192. The SMILES string of the molecule is Cc1ccn(-c2cc(-c3cnco3)cc(C(F)(F)F)c2)c(=O)c1. The van der Waals surface area contributed by atoms with Gasteiger partial charge in [-0.25, -0.2) is 4.98 Å². The van der Waals surface area contributed by atoms with Crippen molar-refractivity contribution in [1.82, 2.24) is 9.55 Å². The van der Waals surface area contributed by atoms with Crippen LogP contribution in [0.15, 0.2) is 58.3 Å². The van der Waals surface area contributed by atoms with Gasteiger partial charge in [0.1, 0.15) is 0 Å². The predicted molar refractivity (Wildman–Crippen MR) is 77.3 cm³/mol. The zero-order chi connectivity index (χ0) is 16.6. The van der Waals surface area contributed by atoms with E-state index in [1.807, 2.05) is 0 Å². The van der Waals surface area contributed by atoms with Crippen LogP contribution in [0.4, 0.5) is 13.2 Å². The molecule has 1 aromatic carbocycles. The van der Waals surface area contributed by atoms with Crippen molar-refractivity contribution in [3.8, 4) is 17.0 Å². The van der Waals surface area contributed by atoms with Crippen LogP contribution >= 0.6 is 0 Å². The van der Waals surface area contributed by atoms with Crippen LogP contribution < -0.4 is 5.56 Å². The van der Waals surface area contributed by atoms with E-state index in [0.717, 1.165) is 28.7 Å². The van der Waals surface area contributed by atoms with Crippen LogP contribution in [-0.4, -0.2) is 9.55 Å². The van der Waals surface area contributed by atoms with E-state index < -0.39 is 17.3 Å². The predicted octanol–water partition coefficient (Wildman–Crippen LogP) is 3.82. The number of alkyl halides is 3. The van der Waals surface area contributed by atoms with Crippen molar-refractivity contribution in [3.63, 3.8) is 0 Å². The van der Waals surface area contributed by atoms with E-state index in [0.29, 0.717) is 0 Å². The molecule has 0 spiro atoms. The van der Waals surface area contributed by atoms with Crippen molar-refractivity contribution in [2.24, 2.45) is 0 Å². The fourth-order valence-electron chi connectivity index (χ4n) is 2.21. The molecule has 0 N–H and O–H groups in total. The molecule has 0 fully saturated rings. The fraction of sp³-hybridized carbons (Fsp3) is 0.125. The molecule has 118 valence electrons. The summed E-state index contributed by atoms with van der Waals surface area (Å²) >= 11 is 0. The minimum Gasteiger partial charge on any atom is -0.444 e. The lowest BCUT2D eigenvalue weighted by molar-refractivity contribution is -0.137. The first-order valence-corrected chi connectivity index (χ1v) is 6.65. The Morgan fingerprint density at radius 1 is 1.17 bits per heavy atom. The third-order valence-electron chi connectivity index (χ3n) is 3.32. The van der Waals surface area contributed by atoms with Crippen LogP contribution in [0.3, 0.4) is 0 Å². The molecule has 0 bridgehead atoms. The first-order valence-electron chi connectivity index (χ1n) is 6.65. The Balaban J connectivity index is 2.24. The molecule has 0 aliphatic carbocycles. The second-order valence-electron chi connectivity index (χ2n) is 5.04. The Bertz CT molecular complexity index is 896. The maximum atomic E-state index is 13.1. The van der Waals surface area contributed by atoms with Crippen LogP contribution in [0.1, 0.15) is 11.1 Å². The zero-order valence-corrected chi connectivity index (χ0v) is 12.0. The molecule has 3 aromatic rings. The van der Waals surface area contributed by atoms with Gasteiger partial charge >= 0.3 is 6.18 Å². The number of nitrogens with zero attached hydrogens (tertiary/aromatic N) is 2. The summed E-state index contributed by atoms with van der Waals surface area (Å²) in [7, 11) is 0. The molecule has 0 unspecified atom stereocenters. The largest absolute Gasteiger partial charge is 0.444 e. The van der Waals surface area contributed by atoms with Gasteiger partial charge in [-0.15, -0.1) is 0 Å². The van der Waals surface area contributed by atoms with Crippen molar-refractivity contribution in [3.05, 3.63) is 70.6 Å². The Hall–Kier alpha value is -2.83. The maximum Gasteiger partial charge on any atom is 0.416 e. The van der Waals surface area contributed by atoms with Crippen molar-refractivity contribution in [2.75, 3.05) is 0 Å². The number of rotatable bonds is 2. The molecule has 0 atom stereocenters. The smallest absolute Gasteiger partial charge is 0.416 e. The third kappa shape index (κ3) is 3.03. The standard InChI is InChI=1S/C16H11F3N2O2/c1-10-2-3-21(15(22)4-10)13-6-11(14-8-20-9-23-14)5-12(7-13)16(17,18)19/h2-9H,1H3. The third-order valence-corrected chi connectivity index (χ3v) is 3.32. The summed E-state index contributed by atoms with van der Waals surface area (Å²) in [6.45, 7) is 1.73. The van der Waals surface area contributed by atoms with Crippen molar-refractivity contribution in [2.45, 2.75) is 13.1 Å². The molecule has 0 aliphatic heterocycles. The normalized spacial score (nSPS) is 11.7. The summed E-state index contributed by atoms with van der Waals surface area (Å²) in [4.78, 5) is 15.8. The minimum atomic E-state index is -4.54. The second-order valence-corrected chi connectivity index (χ2v) is 5.04. The van der Waals surface area contributed by atoms with E-state index in [-0.39, 0.29) is 17.0 Å². The minimum absolute atomic E-state index is 0.108. The number of aryl methyl sites for hydroxylation is 1. The van der Waals surface area contributed by atoms with E-state index in [9.17, 15) is 18.0 Å². The summed E-state index contributed by atoms with van der Waals surface area (Å²) in [5, 5.41) is 0. The zero-order valence-electron chi connectivity index (χ0n) is 12.0. The van der Waals surface area contributed by atoms with E-state index in [1.54, 1.807) is 13.0 Å². The number of benzene rings is 1. The Labute approximate surface area is 128 Å². The Kier molecular flexibility index (Phi) is 3.55. The summed E-state index contributed by atoms with van der Waals surface area (Å²) in [6.07, 6.45) is -0.652. The van der Waals surface area contributed by atoms with Crippen LogP contribution in [-0.2, 0) is 6.18 Å². The number of oxazole rings is 1. The van der Waals surface area contributed by atoms with Crippen LogP contribution in [0, 0.1) is 6.92 Å². The van der Waals surface area contributed by atoms with Crippen molar-refractivity contribution >= 4 is 0 Å². The van der Waals surface area contributed by atoms with Gasteiger partial charge in [0.15, 0.2) is 12.2 Å². The fourth-order valence-corrected chi connectivity index (χ4v) is 2.21. The lowest BCUT2D eigenvalue weighted by Gasteiger charge is -2.13. The molecule has 0 saturated carbocycles. The molecule has 4 nitrogen and oxygen atoms in total. The summed E-state index contributed by atoms with van der Waals surface area (Å²) in [6, 6.07) is 6.34. The number of hydrogen-bond acceptors (Lipinski definition) is 3. The average molecular weight is 320 g/mol. The first-order chi connectivity index (χ1) is 10.8. The van der Waals surface area contributed by atoms with Gasteiger partial charge in [0.25, 0.3) is 5.56 Å². The number of halogens is 3. The number of aromatic nitrogens is 2. The first kappa shape index (κ1) is 15.1. The van der Waals surface area contributed by atoms with Gasteiger partial charge in [-0.1, -0.05) is 0 Å². The molecule has 0 amide bonds. The van der Waals surface area contributed by atoms with Gasteiger partial charge in [0.2, 0.25) is 0 Å². The van der Waals surface area contributed by atoms with Gasteiger partial charge in [0, 0.05) is 23.5 Å². The molecule has 0 radical (unpaired) electrons. The highest BCUT2D eigenvalue weighted by atomic mass is 19.4. The van der Waals surface area contributed by atoms with E-state index in [1.165, 1.54) is 24.5 Å². The highest BCUT2D eigenvalue weighted by Gasteiger charge is 2.31. The molecule has 2 aromatic heterocycles. The quantitative estimate of drug-likeness (QED) is 0.721. The van der Waals surface area contributed by atoms with E-state index in [2.05, 4.69) is 4.98 Å². The lowest BCUT2D eigenvalue weighted by Crippen LogP contribution is -2.17. The highest BCUT2D eigenvalue weighted by molar-refractivity contribution is 5.62. The van der Waals surface area contributed by atoms with Crippen LogP contribution in [0.5, 0.6) is 0 Å². The molecular formula is C16H11F3N2O2. The molecule has 3 rings (SSSR count). The van der Waals surface area contributed by atoms with E-state index >= 15 is 0 Å². The van der Waals surface area contributed by atoms with Crippen LogP contribution in [0.2, 0.25) is 0 Å². The molecule has 23 heavy (non-hydrogen) atoms. The molecule has 0 aliphatic rings. The molecule has 0 saturated heterocycles. The van der Waals surface area contributed by atoms with Gasteiger partial charge in [-0.3, -0.25) is 9.36 Å². The average Bonchev–Trinajstić information content (AvgIpc) is 3.00. The van der Waals surface area contributed by atoms with Crippen LogP contribution in [0.25, 0.3) is 17.0 Å². The molecular weight excluding hydrogens is 309 g/mol. The van der Waals surface area contributed by atoms with E-state index in [4.69, 9.17) is 4.42 Å². The van der Waals surface area contributed by atoms with Gasteiger partial charge in [-0.05, 0) is 36.8 Å².